The number of nitrogens with one attached hydrogen (secondary N) is 1. The zero-order valence-electron chi connectivity index (χ0n) is 6.95. The molecule has 0 amide bonds. The standard InChI is InChI=1S/C10H9NO2/c12-10(13)9-5-7-3-1-2-4-8(7)6-11-9/h1-4,9,11H,5H2,(H,12,13). The number of carboxylic acid groups (broad SMARTS) is 1. The molecule has 2 rings (SSSR count). The molecule has 1 aliphatic rings. The minimum Gasteiger partial charge on any atom is -0.480 e. The van der Waals surface area contributed by atoms with Gasteiger partial charge in [0.15, 0.2) is 0 Å². The van der Waals surface area contributed by atoms with Gasteiger partial charge in [-0.15, -0.1) is 0 Å². The first-order chi connectivity index (χ1) is 6.27. The maximum absolute atomic E-state index is 10.7. The highest BCUT2D eigenvalue weighted by molar-refractivity contribution is 5.74. The van der Waals surface area contributed by atoms with E-state index < -0.39 is 12.0 Å². The Morgan fingerprint density at radius 1 is 1.54 bits per heavy atom. The highest BCUT2D eigenvalue weighted by atomic mass is 16.4. The fraction of sp³-hybridized carbons (Fsp3) is 0.200. The van der Waals surface area contributed by atoms with Gasteiger partial charge >= 0.3 is 5.97 Å². The van der Waals surface area contributed by atoms with Crippen LogP contribution in [0.4, 0.5) is 0 Å². The third-order valence-electron chi connectivity index (χ3n) is 2.12. The van der Waals surface area contributed by atoms with Crippen molar-refractivity contribution in [1.29, 1.82) is 0 Å². The van der Waals surface area contributed by atoms with E-state index >= 15 is 0 Å². The third kappa shape index (κ3) is 1.55. The van der Waals surface area contributed by atoms with E-state index in [9.17, 15) is 4.79 Å². The Labute approximate surface area is 76.4 Å². The van der Waals surface area contributed by atoms with Crippen LogP contribution in [0.5, 0.6) is 0 Å². The minimum absolute atomic E-state index is 0.526. The van der Waals surface area contributed by atoms with Crippen LogP contribution in [-0.2, 0) is 11.2 Å². The van der Waals surface area contributed by atoms with E-state index in [4.69, 9.17) is 5.11 Å². The van der Waals surface area contributed by atoms with E-state index in [1.54, 1.807) is 0 Å². The Bertz CT molecular complexity index is 335. The summed E-state index contributed by atoms with van der Waals surface area (Å²) in [5.41, 5.74) is 1.99. The Balaban J connectivity index is 2.24. The van der Waals surface area contributed by atoms with E-state index in [1.807, 2.05) is 24.3 Å². The quantitative estimate of drug-likeness (QED) is 0.659. The highest BCUT2D eigenvalue weighted by Crippen LogP contribution is 2.17. The number of carbonyl (C=O) groups is 1. The summed E-state index contributed by atoms with van der Waals surface area (Å²) in [6, 6.07) is 7.13. The maximum atomic E-state index is 10.7. The van der Waals surface area contributed by atoms with E-state index in [1.165, 1.54) is 0 Å². The predicted molar refractivity (Wildman–Crippen MR) is 47.1 cm³/mol. The van der Waals surface area contributed by atoms with Crippen molar-refractivity contribution in [3.05, 3.63) is 41.9 Å². The molecule has 2 radical (unpaired) electrons. The molecule has 1 aromatic carbocycles. The predicted octanol–water partition coefficient (Wildman–Crippen LogP) is 0.672. The van der Waals surface area contributed by atoms with E-state index in [-0.39, 0.29) is 0 Å². The summed E-state index contributed by atoms with van der Waals surface area (Å²) < 4.78 is 0. The molecule has 3 heteroatoms. The molecule has 1 aliphatic heterocycles. The second-order valence-electron chi connectivity index (χ2n) is 3.02. The molecule has 0 aliphatic carbocycles. The van der Waals surface area contributed by atoms with Gasteiger partial charge in [0.05, 0.1) is 6.54 Å². The van der Waals surface area contributed by atoms with Crippen molar-refractivity contribution in [1.82, 2.24) is 5.32 Å². The van der Waals surface area contributed by atoms with Crippen molar-refractivity contribution < 1.29 is 9.90 Å². The number of fused-ring (bicyclic) bond motifs is 1. The molecular weight excluding hydrogens is 166 g/mol. The molecule has 66 valence electrons. The molecule has 0 aromatic heterocycles. The molecular formula is C10H9NO2. The Hall–Kier alpha value is -1.35. The largest absolute Gasteiger partial charge is 0.480 e. The fourth-order valence-corrected chi connectivity index (χ4v) is 1.41. The summed E-state index contributed by atoms with van der Waals surface area (Å²) in [7, 11) is 0. The van der Waals surface area contributed by atoms with Crippen LogP contribution < -0.4 is 5.32 Å². The first kappa shape index (κ1) is 8.26. The monoisotopic (exact) mass is 175 g/mol. The smallest absolute Gasteiger partial charge is 0.321 e. The lowest BCUT2D eigenvalue weighted by atomic mass is 9.96. The van der Waals surface area contributed by atoms with Crippen LogP contribution >= 0.6 is 0 Å². The summed E-state index contributed by atoms with van der Waals surface area (Å²) in [5.74, 6) is -0.831. The summed E-state index contributed by atoms with van der Waals surface area (Å²) in [4.78, 5) is 10.7. The topological polar surface area (TPSA) is 49.3 Å². The molecule has 13 heavy (non-hydrogen) atoms. The van der Waals surface area contributed by atoms with Crippen molar-refractivity contribution in [2.45, 2.75) is 12.5 Å². The van der Waals surface area contributed by atoms with Crippen molar-refractivity contribution in [3.8, 4) is 0 Å². The van der Waals surface area contributed by atoms with Gasteiger partial charge in [0.25, 0.3) is 0 Å². The fourth-order valence-electron chi connectivity index (χ4n) is 1.41. The zero-order chi connectivity index (χ0) is 9.26. The van der Waals surface area contributed by atoms with Gasteiger partial charge in [-0.2, -0.15) is 0 Å². The van der Waals surface area contributed by atoms with Crippen molar-refractivity contribution in [2.24, 2.45) is 0 Å². The van der Waals surface area contributed by atoms with Crippen LogP contribution in [-0.4, -0.2) is 17.1 Å². The summed E-state index contributed by atoms with van der Waals surface area (Å²) >= 11 is 0. The van der Waals surface area contributed by atoms with Gasteiger partial charge in [0, 0.05) is 0 Å². The van der Waals surface area contributed by atoms with Gasteiger partial charge in [0.2, 0.25) is 0 Å². The average molecular weight is 175 g/mol. The second-order valence-corrected chi connectivity index (χ2v) is 3.02. The summed E-state index contributed by atoms with van der Waals surface area (Å²) in [6.45, 7) is 2.86. The molecule has 0 saturated carbocycles. The Morgan fingerprint density at radius 2 is 2.31 bits per heavy atom. The number of benzene rings is 1. The molecule has 1 unspecified atom stereocenters. The van der Waals surface area contributed by atoms with Crippen LogP contribution in [0.1, 0.15) is 11.1 Å². The average Bonchev–Trinajstić information content (AvgIpc) is 2.17. The number of hydrogen-bond donors (Lipinski definition) is 2. The molecule has 1 atom stereocenters. The van der Waals surface area contributed by atoms with Gasteiger partial charge in [-0.1, -0.05) is 24.3 Å². The zero-order valence-corrected chi connectivity index (χ0v) is 6.95. The van der Waals surface area contributed by atoms with Crippen LogP contribution in [0.2, 0.25) is 0 Å². The molecule has 1 heterocycles. The van der Waals surface area contributed by atoms with Crippen LogP contribution in [0.3, 0.4) is 0 Å². The van der Waals surface area contributed by atoms with E-state index in [2.05, 4.69) is 11.9 Å². The van der Waals surface area contributed by atoms with Crippen molar-refractivity contribution in [3.63, 3.8) is 0 Å². The lowest BCUT2D eigenvalue weighted by Crippen LogP contribution is -2.40. The molecule has 1 aromatic rings. The van der Waals surface area contributed by atoms with Gasteiger partial charge in [-0.3, -0.25) is 10.1 Å². The van der Waals surface area contributed by atoms with Gasteiger partial charge in [0.1, 0.15) is 6.04 Å². The molecule has 0 saturated heterocycles. The van der Waals surface area contributed by atoms with Crippen LogP contribution in [0, 0.1) is 6.54 Å². The molecule has 0 bridgehead atoms. The highest BCUT2D eigenvalue weighted by Gasteiger charge is 2.23. The second kappa shape index (κ2) is 3.18. The van der Waals surface area contributed by atoms with Crippen LogP contribution in [0.15, 0.2) is 24.3 Å². The number of rotatable bonds is 1. The molecule has 2 N–H and O–H groups in total. The van der Waals surface area contributed by atoms with Gasteiger partial charge < -0.3 is 5.11 Å². The third-order valence-corrected chi connectivity index (χ3v) is 2.12. The van der Waals surface area contributed by atoms with E-state index in [0.29, 0.717) is 6.42 Å². The Kier molecular flexibility index (Phi) is 2.02. The van der Waals surface area contributed by atoms with Gasteiger partial charge in [-0.25, -0.2) is 0 Å². The number of carboxylic acids is 1. The lowest BCUT2D eigenvalue weighted by molar-refractivity contribution is -0.139. The maximum Gasteiger partial charge on any atom is 0.321 e. The first-order valence-corrected chi connectivity index (χ1v) is 4.09. The SMILES string of the molecule is O=C(O)C1Cc2ccccc2[C]N1. The van der Waals surface area contributed by atoms with Crippen molar-refractivity contribution >= 4 is 5.97 Å². The van der Waals surface area contributed by atoms with Crippen LogP contribution in [0.25, 0.3) is 0 Å². The molecule has 0 fully saturated rings. The minimum atomic E-state index is -0.831. The Morgan fingerprint density at radius 3 is 3.08 bits per heavy atom. The first-order valence-electron chi connectivity index (χ1n) is 4.09. The van der Waals surface area contributed by atoms with E-state index in [0.717, 1.165) is 11.1 Å². The van der Waals surface area contributed by atoms with Gasteiger partial charge in [-0.05, 0) is 17.5 Å². The molecule has 3 nitrogen and oxygen atoms in total. The van der Waals surface area contributed by atoms with Crippen molar-refractivity contribution in [2.75, 3.05) is 0 Å². The lowest BCUT2D eigenvalue weighted by Gasteiger charge is -2.21. The summed E-state index contributed by atoms with van der Waals surface area (Å²) in [5, 5.41) is 11.5. The normalized spacial score (nSPS) is 20.8. The number of aliphatic carboxylic acids is 1. The molecule has 0 spiro atoms. The number of hydrogen-bond acceptors (Lipinski definition) is 2. The summed E-state index contributed by atoms with van der Waals surface area (Å²) in [6.07, 6.45) is 0.526.